The average Bonchev–Trinajstić information content (AvgIpc) is 2.83. The Morgan fingerprint density at radius 2 is 2.10 bits per heavy atom. The first kappa shape index (κ1) is 15.3. The van der Waals surface area contributed by atoms with E-state index in [4.69, 9.17) is 16.3 Å². The van der Waals surface area contributed by atoms with Crippen LogP contribution < -0.4 is 10.1 Å². The highest BCUT2D eigenvalue weighted by Gasteiger charge is 2.07. The third-order valence-corrected chi connectivity index (χ3v) is 4.06. The molecule has 0 saturated heterocycles. The van der Waals surface area contributed by atoms with Gasteiger partial charge in [0.25, 0.3) is 0 Å². The molecule has 0 bridgehead atoms. The molecule has 0 aliphatic heterocycles. The monoisotopic (exact) mass is 311 g/mol. The number of halogens is 1. The summed E-state index contributed by atoms with van der Waals surface area (Å²) in [5.74, 6) is 0.599. The zero-order valence-electron chi connectivity index (χ0n) is 11.3. The number of rotatable bonds is 7. The summed E-state index contributed by atoms with van der Waals surface area (Å²) in [5, 5.41) is 13.6. The van der Waals surface area contributed by atoms with Crippen molar-refractivity contribution in [3.8, 4) is 5.75 Å². The predicted octanol–water partition coefficient (Wildman–Crippen LogP) is 3.24. The predicted molar refractivity (Wildman–Crippen MR) is 83.7 cm³/mol. The van der Waals surface area contributed by atoms with Crippen molar-refractivity contribution in [3.63, 3.8) is 0 Å². The SMILES string of the molecule is Cc1ccc(CNCC(O)COc2ccccc2Cl)s1. The van der Waals surface area contributed by atoms with Crippen LogP contribution in [0.25, 0.3) is 0 Å². The molecule has 1 unspecified atom stereocenters. The third kappa shape index (κ3) is 4.80. The Hall–Kier alpha value is -1.07. The van der Waals surface area contributed by atoms with Gasteiger partial charge >= 0.3 is 0 Å². The van der Waals surface area contributed by atoms with Gasteiger partial charge in [0.15, 0.2) is 0 Å². The van der Waals surface area contributed by atoms with Gasteiger partial charge in [0, 0.05) is 22.8 Å². The first-order valence-corrected chi connectivity index (χ1v) is 7.66. The van der Waals surface area contributed by atoms with Crippen LogP contribution in [0.15, 0.2) is 36.4 Å². The summed E-state index contributed by atoms with van der Waals surface area (Å²) in [5.41, 5.74) is 0. The van der Waals surface area contributed by atoms with Gasteiger partial charge in [0.2, 0.25) is 0 Å². The lowest BCUT2D eigenvalue weighted by Gasteiger charge is -2.13. The third-order valence-electron chi connectivity index (χ3n) is 2.74. The highest BCUT2D eigenvalue weighted by molar-refractivity contribution is 7.11. The maximum atomic E-state index is 9.86. The normalized spacial score (nSPS) is 12.3. The first-order valence-electron chi connectivity index (χ1n) is 6.46. The van der Waals surface area contributed by atoms with E-state index in [0.29, 0.717) is 17.3 Å². The fraction of sp³-hybridized carbons (Fsp3) is 0.333. The summed E-state index contributed by atoms with van der Waals surface area (Å²) in [4.78, 5) is 2.56. The summed E-state index contributed by atoms with van der Waals surface area (Å²) in [6.45, 7) is 3.56. The van der Waals surface area contributed by atoms with Crippen molar-refractivity contribution in [1.82, 2.24) is 5.32 Å². The van der Waals surface area contributed by atoms with Crippen LogP contribution in [0.5, 0.6) is 5.75 Å². The molecule has 2 N–H and O–H groups in total. The van der Waals surface area contributed by atoms with E-state index < -0.39 is 6.10 Å². The second kappa shape index (κ2) is 7.64. The molecule has 0 spiro atoms. The molecule has 2 aromatic rings. The van der Waals surface area contributed by atoms with Gasteiger partial charge in [0.1, 0.15) is 18.5 Å². The standard InChI is InChI=1S/C15H18ClNO2S/c1-11-6-7-13(20-11)9-17-8-12(18)10-19-15-5-3-2-4-14(15)16/h2-7,12,17-18H,8-10H2,1H3. The number of nitrogens with one attached hydrogen (secondary N) is 1. The zero-order valence-corrected chi connectivity index (χ0v) is 12.9. The molecule has 2 rings (SSSR count). The summed E-state index contributed by atoms with van der Waals surface area (Å²) >= 11 is 7.73. The van der Waals surface area contributed by atoms with Crippen LogP contribution in [0.4, 0.5) is 0 Å². The van der Waals surface area contributed by atoms with Crippen LogP contribution in [0.3, 0.4) is 0 Å². The molecule has 1 aromatic heterocycles. The van der Waals surface area contributed by atoms with Crippen molar-refractivity contribution >= 4 is 22.9 Å². The van der Waals surface area contributed by atoms with Crippen molar-refractivity contribution in [2.45, 2.75) is 19.6 Å². The van der Waals surface area contributed by atoms with Crippen molar-refractivity contribution in [2.24, 2.45) is 0 Å². The molecule has 0 amide bonds. The molecule has 0 aliphatic rings. The first-order chi connectivity index (χ1) is 9.65. The fourth-order valence-electron chi connectivity index (χ4n) is 1.75. The van der Waals surface area contributed by atoms with Crippen molar-refractivity contribution < 1.29 is 9.84 Å². The highest BCUT2D eigenvalue weighted by Crippen LogP contribution is 2.23. The molecule has 20 heavy (non-hydrogen) atoms. The van der Waals surface area contributed by atoms with E-state index in [1.807, 2.05) is 12.1 Å². The van der Waals surface area contributed by atoms with Crippen molar-refractivity contribution in [2.75, 3.05) is 13.2 Å². The van der Waals surface area contributed by atoms with Gasteiger partial charge in [-0.3, -0.25) is 0 Å². The summed E-state index contributed by atoms with van der Waals surface area (Å²) in [6.07, 6.45) is -0.563. The van der Waals surface area contributed by atoms with E-state index in [1.165, 1.54) is 9.75 Å². The van der Waals surface area contributed by atoms with Crippen LogP contribution in [0.1, 0.15) is 9.75 Å². The molecular formula is C15H18ClNO2S. The number of benzene rings is 1. The number of aryl methyl sites for hydroxylation is 1. The number of para-hydroxylation sites is 1. The number of hydrogen-bond donors (Lipinski definition) is 2. The van der Waals surface area contributed by atoms with Gasteiger partial charge in [-0.25, -0.2) is 0 Å². The Morgan fingerprint density at radius 1 is 1.30 bits per heavy atom. The van der Waals surface area contributed by atoms with Gasteiger partial charge in [-0.05, 0) is 31.2 Å². The Kier molecular flexibility index (Phi) is 5.86. The van der Waals surface area contributed by atoms with Crippen LogP contribution in [0, 0.1) is 6.92 Å². The number of ether oxygens (including phenoxy) is 1. The maximum absolute atomic E-state index is 9.86. The summed E-state index contributed by atoms with van der Waals surface area (Å²) in [7, 11) is 0. The van der Waals surface area contributed by atoms with Gasteiger partial charge < -0.3 is 15.2 Å². The summed E-state index contributed by atoms with van der Waals surface area (Å²) in [6, 6.07) is 11.4. The van der Waals surface area contributed by atoms with E-state index in [0.717, 1.165) is 6.54 Å². The maximum Gasteiger partial charge on any atom is 0.138 e. The zero-order chi connectivity index (χ0) is 14.4. The van der Waals surface area contributed by atoms with E-state index in [-0.39, 0.29) is 6.61 Å². The van der Waals surface area contributed by atoms with E-state index in [2.05, 4.69) is 24.4 Å². The molecule has 5 heteroatoms. The van der Waals surface area contributed by atoms with E-state index in [1.54, 1.807) is 23.5 Å². The quantitative estimate of drug-likeness (QED) is 0.825. The number of aliphatic hydroxyl groups excluding tert-OH is 1. The summed E-state index contributed by atoms with van der Waals surface area (Å²) < 4.78 is 5.49. The molecule has 3 nitrogen and oxygen atoms in total. The Labute approximate surface area is 128 Å². The molecular weight excluding hydrogens is 294 g/mol. The Morgan fingerprint density at radius 3 is 2.80 bits per heavy atom. The van der Waals surface area contributed by atoms with E-state index >= 15 is 0 Å². The topological polar surface area (TPSA) is 41.5 Å². The molecule has 1 atom stereocenters. The minimum Gasteiger partial charge on any atom is -0.489 e. The lowest BCUT2D eigenvalue weighted by molar-refractivity contribution is 0.106. The average molecular weight is 312 g/mol. The molecule has 1 aromatic carbocycles. The number of thiophene rings is 1. The molecule has 1 heterocycles. The van der Waals surface area contributed by atoms with Crippen molar-refractivity contribution in [3.05, 3.63) is 51.2 Å². The second-order valence-corrected chi connectivity index (χ2v) is 6.32. The van der Waals surface area contributed by atoms with Crippen molar-refractivity contribution in [1.29, 1.82) is 0 Å². The molecule has 0 radical (unpaired) electrons. The smallest absolute Gasteiger partial charge is 0.138 e. The fourth-order valence-corrected chi connectivity index (χ4v) is 2.80. The van der Waals surface area contributed by atoms with Crippen LogP contribution in [-0.4, -0.2) is 24.4 Å². The van der Waals surface area contributed by atoms with Gasteiger partial charge in [-0.15, -0.1) is 11.3 Å². The lowest BCUT2D eigenvalue weighted by Crippen LogP contribution is -2.31. The lowest BCUT2D eigenvalue weighted by atomic mass is 10.3. The Bertz CT molecular complexity index is 544. The minimum atomic E-state index is -0.563. The largest absolute Gasteiger partial charge is 0.489 e. The molecule has 0 aliphatic carbocycles. The van der Waals surface area contributed by atoms with Gasteiger partial charge in [-0.2, -0.15) is 0 Å². The minimum absolute atomic E-state index is 0.222. The van der Waals surface area contributed by atoms with Crippen LogP contribution in [-0.2, 0) is 6.54 Å². The van der Waals surface area contributed by atoms with Gasteiger partial charge in [-0.1, -0.05) is 23.7 Å². The Balaban J connectivity index is 1.68. The molecule has 108 valence electrons. The second-order valence-electron chi connectivity index (χ2n) is 4.54. The number of aliphatic hydroxyl groups is 1. The van der Waals surface area contributed by atoms with Gasteiger partial charge in [0.05, 0.1) is 5.02 Å². The highest BCUT2D eigenvalue weighted by atomic mass is 35.5. The molecule has 0 saturated carbocycles. The number of hydrogen-bond acceptors (Lipinski definition) is 4. The van der Waals surface area contributed by atoms with Crippen LogP contribution >= 0.6 is 22.9 Å². The molecule has 0 fully saturated rings. The van der Waals surface area contributed by atoms with Crippen LogP contribution in [0.2, 0.25) is 5.02 Å². The van der Waals surface area contributed by atoms with E-state index in [9.17, 15) is 5.11 Å².